The van der Waals surface area contributed by atoms with Crippen LogP contribution in [0, 0.1) is 0 Å². The maximum Gasteiger partial charge on any atom is 0.169 e. The lowest BCUT2D eigenvalue weighted by Crippen LogP contribution is -2.48. The molecule has 1 saturated heterocycles. The molecule has 0 aliphatic carbocycles. The summed E-state index contributed by atoms with van der Waals surface area (Å²) in [7, 11) is 0. The number of nitrogens with two attached hydrogens (primary N) is 1. The largest absolute Gasteiger partial charge is 0.409 e. The SMILES string of the molecule is NC(=NO)C1CN(Cc2cccc3ccccc23)CCO1. The van der Waals surface area contributed by atoms with Crippen molar-refractivity contribution in [2.45, 2.75) is 12.6 Å². The van der Waals surface area contributed by atoms with Crippen molar-refractivity contribution >= 4 is 16.6 Å². The van der Waals surface area contributed by atoms with Gasteiger partial charge in [0.25, 0.3) is 0 Å². The van der Waals surface area contributed by atoms with Crippen LogP contribution in [0.4, 0.5) is 0 Å². The van der Waals surface area contributed by atoms with Crippen molar-refractivity contribution in [3.05, 3.63) is 48.0 Å². The van der Waals surface area contributed by atoms with Crippen molar-refractivity contribution in [1.82, 2.24) is 4.90 Å². The molecule has 0 bridgehead atoms. The molecule has 0 radical (unpaired) electrons. The molecule has 3 N–H and O–H groups in total. The van der Waals surface area contributed by atoms with Gasteiger partial charge in [-0.25, -0.2) is 0 Å². The minimum Gasteiger partial charge on any atom is -0.409 e. The molecule has 2 aromatic rings. The molecule has 1 fully saturated rings. The van der Waals surface area contributed by atoms with Crippen LogP contribution in [0.3, 0.4) is 0 Å². The van der Waals surface area contributed by atoms with Crippen molar-refractivity contribution < 1.29 is 9.94 Å². The smallest absolute Gasteiger partial charge is 0.169 e. The van der Waals surface area contributed by atoms with E-state index in [0.717, 1.165) is 13.1 Å². The predicted octanol–water partition coefficient (Wildman–Crippen LogP) is 1.79. The Morgan fingerprint density at radius 1 is 1.29 bits per heavy atom. The van der Waals surface area contributed by atoms with Gasteiger partial charge in [-0.1, -0.05) is 47.6 Å². The topological polar surface area (TPSA) is 71.1 Å². The molecule has 1 aliphatic heterocycles. The van der Waals surface area contributed by atoms with Crippen molar-refractivity contribution in [2.75, 3.05) is 19.7 Å². The summed E-state index contributed by atoms with van der Waals surface area (Å²) >= 11 is 0. The highest BCUT2D eigenvalue weighted by Crippen LogP contribution is 2.21. The molecule has 0 amide bonds. The van der Waals surface area contributed by atoms with E-state index >= 15 is 0 Å². The zero-order valence-corrected chi connectivity index (χ0v) is 11.8. The third kappa shape index (κ3) is 2.99. The van der Waals surface area contributed by atoms with Crippen LogP contribution in [0.25, 0.3) is 10.8 Å². The minimum absolute atomic E-state index is 0.137. The molecule has 0 spiro atoms. The number of rotatable bonds is 3. The van der Waals surface area contributed by atoms with Gasteiger partial charge >= 0.3 is 0 Å². The van der Waals surface area contributed by atoms with Gasteiger partial charge in [-0.05, 0) is 16.3 Å². The Bertz CT molecular complexity index is 652. The molecule has 0 aromatic heterocycles. The molecule has 5 heteroatoms. The van der Waals surface area contributed by atoms with Crippen molar-refractivity contribution in [1.29, 1.82) is 0 Å². The molecule has 110 valence electrons. The number of fused-ring (bicyclic) bond motifs is 1. The first-order chi connectivity index (χ1) is 10.3. The van der Waals surface area contributed by atoms with Crippen molar-refractivity contribution in [3.8, 4) is 0 Å². The van der Waals surface area contributed by atoms with Crippen LogP contribution in [0.2, 0.25) is 0 Å². The molecule has 1 atom stereocenters. The minimum atomic E-state index is -0.335. The summed E-state index contributed by atoms with van der Waals surface area (Å²) in [6.07, 6.45) is -0.335. The number of nitrogens with zero attached hydrogens (tertiary/aromatic N) is 2. The van der Waals surface area contributed by atoms with Gasteiger partial charge in [0, 0.05) is 19.6 Å². The van der Waals surface area contributed by atoms with Crippen molar-refractivity contribution in [3.63, 3.8) is 0 Å². The summed E-state index contributed by atoms with van der Waals surface area (Å²) in [6.45, 7) is 2.91. The van der Waals surface area contributed by atoms with Crippen LogP contribution in [0.15, 0.2) is 47.6 Å². The molecule has 21 heavy (non-hydrogen) atoms. The van der Waals surface area contributed by atoms with E-state index in [1.165, 1.54) is 16.3 Å². The Hall–Kier alpha value is -2.11. The lowest BCUT2D eigenvalue weighted by molar-refractivity contribution is 0.00156. The molecule has 1 heterocycles. The summed E-state index contributed by atoms with van der Waals surface area (Å²) in [5.74, 6) is 0.137. The third-order valence-electron chi connectivity index (χ3n) is 3.87. The molecular weight excluding hydrogens is 266 g/mol. The maximum absolute atomic E-state index is 8.77. The Morgan fingerprint density at radius 2 is 2.10 bits per heavy atom. The third-order valence-corrected chi connectivity index (χ3v) is 3.87. The molecule has 3 rings (SSSR count). The molecule has 2 aromatic carbocycles. The average Bonchev–Trinajstić information content (AvgIpc) is 2.55. The quantitative estimate of drug-likeness (QED) is 0.390. The van der Waals surface area contributed by atoms with Crippen LogP contribution in [0.5, 0.6) is 0 Å². The Labute approximate surface area is 123 Å². The number of oxime groups is 1. The lowest BCUT2D eigenvalue weighted by Gasteiger charge is -2.32. The Balaban J connectivity index is 1.79. The fourth-order valence-electron chi connectivity index (χ4n) is 2.76. The second kappa shape index (κ2) is 6.11. The van der Waals surface area contributed by atoms with E-state index < -0.39 is 0 Å². The standard InChI is InChI=1S/C16H19N3O2/c17-16(18-20)15-11-19(8-9-21-15)10-13-6-3-5-12-4-1-2-7-14(12)13/h1-7,15,20H,8-11H2,(H2,17,18). The summed E-state index contributed by atoms with van der Waals surface area (Å²) in [5, 5.41) is 14.3. The van der Waals surface area contributed by atoms with Crippen LogP contribution < -0.4 is 5.73 Å². The van der Waals surface area contributed by atoms with Gasteiger partial charge in [0.05, 0.1) is 6.61 Å². The predicted molar refractivity (Wildman–Crippen MR) is 82.4 cm³/mol. The first-order valence-corrected chi connectivity index (χ1v) is 7.06. The van der Waals surface area contributed by atoms with E-state index in [4.69, 9.17) is 15.7 Å². The normalized spacial score (nSPS) is 20.8. The second-order valence-corrected chi connectivity index (χ2v) is 5.26. The van der Waals surface area contributed by atoms with Gasteiger partial charge < -0.3 is 15.7 Å². The summed E-state index contributed by atoms with van der Waals surface area (Å²) < 4.78 is 5.53. The fraction of sp³-hybridized carbons (Fsp3) is 0.312. The summed E-state index contributed by atoms with van der Waals surface area (Å²) in [5.41, 5.74) is 6.93. The van der Waals surface area contributed by atoms with Crippen LogP contribution >= 0.6 is 0 Å². The van der Waals surface area contributed by atoms with Crippen molar-refractivity contribution in [2.24, 2.45) is 10.9 Å². The van der Waals surface area contributed by atoms with Gasteiger partial charge in [0.1, 0.15) is 6.10 Å². The van der Waals surface area contributed by atoms with Gasteiger partial charge in [-0.3, -0.25) is 4.90 Å². The van der Waals surface area contributed by atoms with Crippen LogP contribution in [-0.2, 0) is 11.3 Å². The highest BCUT2D eigenvalue weighted by atomic mass is 16.5. The van der Waals surface area contributed by atoms with Gasteiger partial charge in [-0.15, -0.1) is 0 Å². The lowest BCUT2D eigenvalue weighted by atomic mass is 10.0. The number of hydrogen-bond acceptors (Lipinski definition) is 4. The maximum atomic E-state index is 8.77. The number of ether oxygens (including phenoxy) is 1. The van der Waals surface area contributed by atoms with E-state index in [2.05, 4.69) is 52.5 Å². The van der Waals surface area contributed by atoms with E-state index in [1.807, 2.05) is 0 Å². The van der Waals surface area contributed by atoms with E-state index in [1.54, 1.807) is 0 Å². The fourth-order valence-corrected chi connectivity index (χ4v) is 2.76. The van der Waals surface area contributed by atoms with E-state index in [9.17, 15) is 0 Å². The number of benzene rings is 2. The van der Waals surface area contributed by atoms with Crippen LogP contribution in [0.1, 0.15) is 5.56 Å². The van der Waals surface area contributed by atoms with E-state index in [0.29, 0.717) is 13.2 Å². The second-order valence-electron chi connectivity index (χ2n) is 5.26. The Kier molecular flexibility index (Phi) is 4.03. The Morgan fingerprint density at radius 3 is 2.95 bits per heavy atom. The number of morpholine rings is 1. The number of hydrogen-bond donors (Lipinski definition) is 2. The highest BCUT2D eigenvalue weighted by molar-refractivity contribution is 5.86. The molecular formula is C16H19N3O2. The summed E-state index contributed by atoms with van der Waals surface area (Å²) in [4.78, 5) is 2.27. The molecule has 1 unspecified atom stereocenters. The molecule has 1 aliphatic rings. The first kappa shape index (κ1) is 13.9. The van der Waals surface area contributed by atoms with E-state index in [-0.39, 0.29) is 11.9 Å². The molecule has 5 nitrogen and oxygen atoms in total. The zero-order chi connectivity index (χ0) is 14.7. The average molecular weight is 285 g/mol. The molecule has 0 saturated carbocycles. The first-order valence-electron chi connectivity index (χ1n) is 7.06. The van der Waals surface area contributed by atoms with Gasteiger partial charge in [0.2, 0.25) is 0 Å². The summed E-state index contributed by atoms with van der Waals surface area (Å²) in [6, 6.07) is 14.7. The highest BCUT2D eigenvalue weighted by Gasteiger charge is 2.24. The number of amidine groups is 1. The van der Waals surface area contributed by atoms with Gasteiger partial charge in [-0.2, -0.15) is 0 Å². The monoisotopic (exact) mass is 285 g/mol. The van der Waals surface area contributed by atoms with Gasteiger partial charge in [0.15, 0.2) is 5.84 Å². The van der Waals surface area contributed by atoms with Crippen LogP contribution in [-0.4, -0.2) is 41.7 Å². The zero-order valence-electron chi connectivity index (χ0n) is 11.8.